The molecule has 0 atom stereocenters. The first-order valence-corrected chi connectivity index (χ1v) is 11.1. The number of nitrogens with zero attached hydrogens (tertiary/aromatic N) is 1. The maximum Gasteiger partial charge on any atom is 0.327 e. The topological polar surface area (TPSA) is 92.8 Å². The summed E-state index contributed by atoms with van der Waals surface area (Å²) in [6, 6.07) is 12.0. The van der Waals surface area contributed by atoms with Gasteiger partial charge in [-0.05, 0) is 57.2 Å². The van der Waals surface area contributed by atoms with Crippen molar-refractivity contribution in [3.63, 3.8) is 0 Å². The number of hydrogen-bond acceptors (Lipinski definition) is 5. The van der Waals surface area contributed by atoms with Crippen LogP contribution in [0, 0.1) is 0 Å². The van der Waals surface area contributed by atoms with Crippen molar-refractivity contribution in [2.24, 2.45) is 0 Å². The third-order valence-corrected chi connectivity index (χ3v) is 5.82. The lowest BCUT2D eigenvalue weighted by Crippen LogP contribution is -2.39. The van der Waals surface area contributed by atoms with Crippen molar-refractivity contribution in [3.05, 3.63) is 53.6 Å². The molecular formula is C21H25ClN2O5S. The fraction of sp³-hybridized carbons (Fsp3) is 0.333. The molecule has 2 aromatic rings. The van der Waals surface area contributed by atoms with Gasteiger partial charge in [-0.1, -0.05) is 30.7 Å². The van der Waals surface area contributed by atoms with Crippen molar-refractivity contribution < 1.29 is 22.7 Å². The monoisotopic (exact) mass is 452 g/mol. The minimum absolute atomic E-state index is 0.0834. The van der Waals surface area contributed by atoms with Crippen LogP contribution in [0.3, 0.4) is 0 Å². The average molecular weight is 453 g/mol. The number of benzene rings is 2. The Hall–Kier alpha value is -2.58. The minimum Gasteiger partial charge on any atom is -0.459 e. The van der Waals surface area contributed by atoms with E-state index in [1.54, 1.807) is 45.9 Å². The molecule has 1 N–H and O–H groups in total. The largest absolute Gasteiger partial charge is 0.459 e. The Kier molecular flexibility index (Phi) is 7.49. The summed E-state index contributed by atoms with van der Waals surface area (Å²) in [5.41, 5.74) is -0.215. The number of halogens is 1. The summed E-state index contributed by atoms with van der Waals surface area (Å²) in [5, 5.41) is 2.95. The number of rotatable bonds is 7. The highest BCUT2D eigenvalue weighted by Crippen LogP contribution is 2.27. The maximum atomic E-state index is 13.4. The van der Waals surface area contributed by atoms with E-state index in [0.717, 1.165) is 4.31 Å². The van der Waals surface area contributed by atoms with Crippen LogP contribution in [-0.2, 0) is 24.3 Å². The van der Waals surface area contributed by atoms with Gasteiger partial charge in [-0.15, -0.1) is 0 Å². The molecule has 0 fully saturated rings. The molecule has 0 aliphatic heterocycles. The molecule has 0 bridgehead atoms. The summed E-state index contributed by atoms with van der Waals surface area (Å²) in [6.07, 6.45) is 0.254. The summed E-state index contributed by atoms with van der Waals surface area (Å²) >= 11 is 6.04. The quantitative estimate of drug-likeness (QED) is 0.634. The molecular weight excluding hydrogens is 428 g/mol. The van der Waals surface area contributed by atoms with E-state index in [2.05, 4.69) is 5.32 Å². The lowest BCUT2D eigenvalue weighted by Gasteiger charge is -2.26. The van der Waals surface area contributed by atoms with Gasteiger partial charge >= 0.3 is 5.97 Å². The van der Waals surface area contributed by atoms with Gasteiger partial charge in [0.05, 0.1) is 10.6 Å². The van der Waals surface area contributed by atoms with Crippen LogP contribution >= 0.6 is 11.6 Å². The molecule has 0 heterocycles. The molecule has 30 heavy (non-hydrogen) atoms. The molecule has 0 saturated carbocycles. The summed E-state index contributed by atoms with van der Waals surface area (Å²) in [6.45, 7) is 6.25. The molecule has 0 unspecified atom stereocenters. The van der Waals surface area contributed by atoms with Gasteiger partial charge in [0.1, 0.15) is 12.1 Å². The Morgan fingerprint density at radius 1 is 1.10 bits per heavy atom. The van der Waals surface area contributed by atoms with E-state index < -0.39 is 28.1 Å². The fourth-order valence-corrected chi connectivity index (χ4v) is 4.18. The van der Waals surface area contributed by atoms with E-state index in [1.807, 2.05) is 0 Å². The van der Waals surface area contributed by atoms with Gasteiger partial charge in [0.25, 0.3) is 10.0 Å². The molecule has 2 aromatic carbocycles. The number of carbonyl (C=O) groups excluding carboxylic acids is 2. The molecule has 0 saturated heterocycles. The van der Waals surface area contributed by atoms with Crippen LogP contribution in [0.1, 0.15) is 34.1 Å². The zero-order valence-corrected chi connectivity index (χ0v) is 18.9. The highest BCUT2D eigenvalue weighted by atomic mass is 35.5. The van der Waals surface area contributed by atoms with Crippen LogP contribution < -0.4 is 9.62 Å². The molecule has 162 valence electrons. The third-order valence-electron chi connectivity index (χ3n) is 3.82. The Labute approximate surface area is 182 Å². The van der Waals surface area contributed by atoms with E-state index in [4.69, 9.17) is 16.3 Å². The van der Waals surface area contributed by atoms with Crippen LogP contribution in [0.25, 0.3) is 0 Å². The Balaban J connectivity index is 2.47. The van der Waals surface area contributed by atoms with Crippen LogP contribution in [0.2, 0.25) is 5.02 Å². The Bertz CT molecular complexity index is 1030. The first kappa shape index (κ1) is 23.7. The second-order valence-corrected chi connectivity index (χ2v) is 9.81. The predicted octanol–water partition coefficient (Wildman–Crippen LogP) is 4.23. The van der Waals surface area contributed by atoms with Crippen molar-refractivity contribution in [1.82, 2.24) is 0 Å². The van der Waals surface area contributed by atoms with Crippen molar-refractivity contribution in [2.45, 2.75) is 44.6 Å². The molecule has 7 nitrogen and oxygen atoms in total. The van der Waals surface area contributed by atoms with Crippen LogP contribution in [0.15, 0.2) is 53.4 Å². The summed E-state index contributed by atoms with van der Waals surface area (Å²) < 4.78 is 33.1. The van der Waals surface area contributed by atoms with Crippen molar-refractivity contribution in [3.8, 4) is 0 Å². The fourth-order valence-electron chi connectivity index (χ4n) is 2.55. The van der Waals surface area contributed by atoms with Crippen LogP contribution in [0.5, 0.6) is 0 Å². The molecule has 0 spiro atoms. The minimum atomic E-state index is -4.16. The van der Waals surface area contributed by atoms with Crippen LogP contribution in [0.4, 0.5) is 11.4 Å². The zero-order chi connectivity index (χ0) is 22.5. The predicted molar refractivity (Wildman–Crippen MR) is 117 cm³/mol. The SMILES string of the molecule is CCC(=O)Nc1cccc(S(=O)(=O)N(CC(=O)OC(C)(C)C)c2cccc(Cl)c2)c1. The van der Waals surface area contributed by atoms with Crippen molar-refractivity contribution >= 4 is 44.9 Å². The first-order valence-electron chi connectivity index (χ1n) is 9.32. The Morgan fingerprint density at radius 2 is 1.77 bits per heavy atom. The number of ether oxygens (including phenoxy) is 1. The van der Waals surface area contributed by atoms with E-state index >= 15 is 0 Å². The van der Waals surface area contributed by atoms with Gasteiger partial charge in [0.2, 0.25) is 5.91 Å². The maximum absolute atomic E-state index is 13.4. The van der Waals surface area contributed by atoms with E-state index in [9.17, 15) is 18.0 Å². The molecule has 0 aliphatic rings. The van der Waals surface area contributed by atoms with Gasteiger partial charge in [-0.25, -0.2) is 8.42 Å². The molecule has 0 radical (unpaired) electrons. The zero-order valence-electron chi connectivity index (χ0n) is 17.3. The third kappa shape index (κ3) is 6.47. The number of carbonyl (C=O) groups is 2. The molecule has 0 aromatic heterocycles. The second-order valence-electron chi connectivity index (χ2n) is 7.51. The number of esters is 1. The summed E-state index contributed by atoms with van der Waals surface area (Å²) in [7, 11) is -4.16. The number of amides is 1. The van der Waals surface area contributed by atoms with E-state index in [-0.39, 0.29) is 22.9 Å². The lowest BCUT2D eigenvalue weighted by atomic mass is 10.2. The second kappa shape index (κ2) is 9.49. The van der Waals surface area contributed by atoms with Gasteiger partial charge in [0, 0.05) is 17.1 Å². The molecule has 0 aliphatic carbocycles. The number of sulfonamides is 1. The number of nitrogens with one attached hydrogen (secondary N) is 1. The summed E-state index contributed by atoms with van der Waals surface area (Å²) in [5.74, 6) is -0.952. The highest BCUT2D eigenvalue weighted by Gasteiger charge is 2.29. The number of hydrogen-bond donors (Lipinski definition) is 1. The molecule has 9 heteroatoms. The number of anilines is 2. The smallest absolute Gasteiger partial charge is 0.327 e. The first-order chi connectivity index (χ1) is 13.9. The van der Waals surface area contributed by atoms with Gasteiger partial charge in [-0.3, -0.25) is 13.9 Å². The molecule has 1 amide bonds. The average Bonchev–Trinajstić information content (AvgIpc) is 2.64. The van der Waals surface area contributed by atoms with Crippen molar-refractivity contribution in [2.75, 3.05) is 16.2 Å². The van der Waals surface area contributed by atoms with Gasteiger partial charge in [0.15, 0.2) is 0 Å². The normalized spacial score (nSPS) is 11.6. The van der Waals surface area contributed by atoms with E-state index in [1.165, 1.54) is 30.3 Å². The van der Waals surface area contributed by atoms with Gasteiger partial charge < -0.3 is 10.1 Å². The Morgan fingerprint density at radius 3 is 2.37 bits per heavy atom. The highest BCUT2D eigenvalue weighted by molar-refractivity contribution is 7.92. The van der Waals surface area contributed by atoms with Gasteiger partial charge in [-0.2, -0.15) is 0 Å². The van der Waals surface area contributed by atoms with E-state index in [0.29, 0.717) is 10.7 Å². The standard InChI is InChI=1S/C21H25ClN2O5S/c1-5-19(25)23-16-9-7-11-18(13-16)30(27,28)24(14-20(26)29-21(2,3)4)17-10-6-8-15(22)12-17/h6-13H,5,14H2,1-4H3,(H,23,25). The molecule has 2 rings (SSSR count). The summed E-state index contributed by atoms with van der Waals surface area (Å²) in [4.78, 5) is 24.0. The van der Waals surface area contributed by atoms with Crippen molar-refractivity contribution in [1.29, 1.82) is 0 Å². The lowest BCUT2D eigenvalue weighted by molar-refractivity contribution is -0.152. The van der Waals surface area contributed by atoms with Crippen LogP contribution in [-0.4, -0.2) is 32.4 Å².